The number of azo groups is 1. The third-order valence-electron chi connectivity index (χ3n) is 3.85. The number of non-ortho nitro benzene ring substituents is 1. The molecular formula is C20H13N3O7. The van der Waals surface area contributed by atoms with Crippen LogP contribution in [-0.2, 0) is 0 Å². The second-order valence-electron chi connectivity index (χ2n) is 5.90. The number of nitrogens with zero attached hydrogens (tertiary/aromatic N) is 3. The number of aromatic hydroxyl groups is 1. The van der Waals surface area contributed by atoms with Gasteiger partial charge in [0.1, 0.15) is 11.4 Å². The minimum Gasteiger partial charge on any atom is -0.508 e. The van der Waals surface area contributed by atoms with E-state index in [4.69, 9.17) is 9.84 Å². The fourth-order valence-electron chi connectivity index (χ4n) is 2.33. The third kappa shape index (κ3) is 4.81. The average molecular weight is 407 g/mol. The molecule has 0 heterocycles. The lowest BCUT2D eigenvalue weighted by Gasteiger charge is -2.07. The molecule has 0 spiro atoms. The largest absolute Gasteiger partial charge is 0.508 e. The van der Waals surface area contributed by atoms with Gasteiger partial charge in [-0.25, -0.2) is 9.59 Å². The van der Waals surface area contributed by atoms with Gasteiger partial charge in [0.05, 0.1) is 21.7 Å². The van der Waals surface area contributed by atoms with Crippen LogP contribution in [0.2, 0.25) is 0 Å². The molecule has 0 aliphatic heterocycles. The van der Waals surface area contributed by atoms with Crippen LogP contribution in [0.4, 0.5) is 17.1 Å². The molecule has 0 unspecified atom stereocenters. The molecule has 10 nitrogen and oxygen atoms in total. The van der Waals surface area contributed by atoms with Crippen LogP contribution in [0.3, 0.4) is 0 Å². The highest BCUT2D eigenvalue weighted by molar-refractivity contribution is 5.94. The maximum Gasteiger partial charge on any atom is 0.343 e. The molecule has 0 atom stereocenters. The monoisotopic (exact) mass is 407 g/mol. The van der Waals surface area contributed by atoms with Crippen LogP contribution in [0.1, 0.15) is 20.7 Å². The number of benzene rings is 3. The number of phenols is 1. The van der Waals surface area contributed by atoms with E-state index in [1.54, 1.807) is 0 Å². The van der Waals surface area contributed by atoms with Gasteiger partial charge in [-0.3, -0.25) is 10.1 Å². The second kappa shape index (κ2) is 8.61. The van der Waals surface area contributed by atoms with Crippen molar-refractivity contribution in [2.75, 3.05) is 0 Å². The van der Waals surface area contributed by atoms with Crippen molar-refractivity contribution >= 4 is 29.0 Å². The predicted molar refractivity (Wildman–Crippen MR) is 104 cm³/mol. The lowest BCUT2D eigenvalue weighted by molar-refractivity contribution is -0.384. The number of carboxylic acid groups (broad SMARTS) is 1. The van der Waals surface area contributed by atoms with Crippen LogP contribution < -0.4 is 4.74 Å². The third-order valence-corrected chi connectivity index (χ3v) is 3.85. The molecule has 10 heteroatoms. The van der Waals surface area contributed by atoms with Crippen molar-refractivity contribution < 1.29 is 29.5 Å². The minimum atomic E-state index is -1.13. The van der Waals surface area contributed by atoms with Crippen molar-refractivity contribution in [3.63, 3.8) is 0 Å². The van der Waals surface area contributed by atoms with Crippen molar-refractivity contribution in [3.05, 3.63) is 88.0 Å². The summed E-state index contributed by atoms with van der Waals surface area (Å²) < 4.78 is 5.26. The fourth-order valence-corrected chi connectivity index (χ4v) is 2.33. The molecule has 150 valence electrons. The molecule has 0 aromatic heterocycles. The summed E-state index contributed by atoms with van der Waals surface area (Å²) in [6.45, 7) is 0. The molecule has 0 saturated heterocycles. The highest BCUT2D eigenvalue weighted by atomic mass is 16.6. The number of aromatic carboxylic acids is 1. The number of esters is 1. The van der Waals surface area contributed by atoms with Gasteiger partial charge in [0.25, 0.3) is 5.69 Å². The molecule has 2 N–H and O–H groups in total. The van der Waals surface area contributed by atoms with Gasteiger partial charge in [0, 0.05) is 18.2 Å². The number of nitro benzene ring substituents is 1. The Balaban J connectivity index is 1.81. The maximum absolute atomic E-state index is 12.3. The smallest absolute Gasteiger partial charge is 0.343 e. The van der Waals surface area contributed by atoms with Crippen molar-refractivity contribution in [3.8, 4) is 11.5 Å². The summed E-state index contributed by atoms with van der Waals surface area (Å²) in [4.78, 5) is 33.4. The van der Waals surface area contributed by atoms with E-state index in [1.165, 1.54) is 66.7 Å². The fraction of sp³-hybridized carbons (Fsp3) is 0. The molecule has 0 amide bonds. The molecule has 3 aromatic carbocycles. The topological polar surface area (TPSA) is 152 Å². The van der Waals surface area contributed by atoms with E-state index >= 15 is 0 Å². The summed E-state index contributed by atoms with van der Waals surface area (Å²) >= 11 is 0. The van der Waals surface area contributed by atoms with Gasteiger partial charge in [-0.05, 0) is 48.5 Å². The summed E-state index contributed by atoms with van der Waals surface area (Å²) in [5, 5.41) is 37.2. The Kier molecular flexibility index (Phi) is 5.78. The Labute approximate surface area is 168 Å². The Hall–Kier alpha value is -4.60. The van der Waals surface area contributed by atoms with Gasteiger partial charge in [0.2, 0.25) is 0 Å². The molecule has 30 heavy (non-hydrogen) atoms. The van der Waals surface area contributed by atoms with Crippen LogP contribution in [0.25, 0.3) is 0 Å². The number of rotatable bonds is 6. The standard InChI is InChI=1S/C20H13N3O7/c24-16-9-10-17(22-21-14-5-7-15(8-6-14)23(28)29)18(11-16)30-20(27)13-3-1-12(2-4-13)19(25)26/h1-11,24H,(H,25,26). The predicted octanol–water partition coefficient (Wildman–Crippen LogP) is 4.63. The van der Waals surface area contributed by atoms with E-state index in [0.717, 1.165) is 0 Å². The highest BCUT2D eigenvalue weighted by Crippen LogP contribution is 2.33. The molecule has 3 aromatic rings. The molecule has 0 aliphatic rings. The molecular weight excluding hydrogens is 394 g/mol. The number of nitro groups is 1. The number of hydrogen-bond donors (Lipinski definition) is 2. The molecule has 0 saturated carbocycles. The number of carbonyl (C=O) groups excluding carboxylic acids is 1. The van der Waals surface area contributed by atoms with Crippen LogP contribution in [0.5, 0.6) is 11.5 Å². The summed E-state index contributed by atoms with van der Waals surface area (Å²) in [7, 11) is 0. The summed E-state index contributed by atoms with van der Waals surface area (Å²) in [5.41, 5.74) is 0.474. The number of carbonyl (C=O) groups is 2. The van der Waals surface area contributed by atoms with Crippen LogP contribution in [0, 0.1) is 10.1 Å². The van der Waals surface area contributed by atoms with E-state index < -0.39 is 16.9 Å². The van der Waals surface area contributed by atoms with E-state index in [-0.39, 0.29) is 34.0 Å². The molecule has 3 rings (SSSR count). The van der Waals surface area contributed by atoms with Crippen molar-refractivity contribution in [1.29, 1.82) is 0 Å². The van der Waals surface area contributed by atoms with Gasteiger partial charge in [0.15, 0.2) is 5.75 Å². The summed E-state index contributed by atoms with van der Waals surface area (Å²) in [5.74, 6) is -2.16. The normalized spacial score (nSPS) is 10.7. The molecule has 0 fully saturated rings. The second-order valence-corrected chi connectivity index (χ2v) is 5.90. The average Bonchev–Trinajstić information content (AvgIpc) is 2.73. The Morgan fingerprint density at radius 3 is 2.13 bits per heavy atom. The van der Waals surface area contributed by atoms with Crippen LogP contribution >= 0.6 is 0 Å². The van der Waals surface area contributed by atoms with Gasteiger partial charge >= 0.3 is 11.9 Å². The van der Waals surface area contributed by atoms with Crippen molar-refractivity contribution in [1.82, 2.24) is 0 Å². The van der Waals surface area contributed by atoms with Gasteiger partial charge in [-0.1, -0.05) is 0 Å². The first-order valence-electron chi connectivity index (χ1n) is 8.38. The SMILES string of the molecule is O=C(O)c1ccc(C(=O)Oc2cc(O)ccc2N=Nc2ccc([N+](=O)[O-])cc2)cc1. The highest BCUT2D eigenvalue weighted by Gasteiger charge is 2.14. The number of ether oxygens (including phenoxy) is 1. The van der Waals surface area contributed by atoms with E-state index in [1.807, 2.05) is 0 Å². The molecule has 0 aliphatic carbocycles. The van der Waals surface area contributed by atoms with Gasteiger partial charge in [-0.15, -0.1) is 5.11 Å². The molecule has 0 bridgehead atoms. The first-order valence-corrected chi connectivity index (χ1v) is 8.38. The lowest BCUT2D eigenvalue weighted by atomic mass is 10.1. The zero-order valence-electron chi connectivity index (χ0n) is 15.1. The Morgan fingerprint density at radius 2 is 1.53 bits per heavy atom. The van der Waals surface area contributed by atoms with E-state index in [9.17, 15) is 24.8 Å². The maximum atomic E-state index is 12.3. The Morgan fingerprint density at radius 1 is 0.900 bits per heavy atom. The first-order chi connectivity index (χ1) is 14.3. The van der Waals surface area contributed by atoms with Crippen molar-refractivity contribution in [2.45, 2.75) is 0 Å². The zero-order chi connectivity index (χ0) is 21.7. The number of hydrogen-bond acceptors (Lipinski definition) is 8. The quantitative estimate of drug-likeness (QED) is 0.199. The lowest BCUT2D eigenvalue weighted by Crippen LogP contribution is -2.09. The molecule has 0 radical (unpaired) electrons. The van der Waals surface area contributed by atoms with E-state index in [2.05, 4.69) is 10.2 Å². The minimum absolute atomic E-state index is 0.0153. The van der Waals surface area contributed by atoms with Crippen LogP contribution in [0.15, 0.2) is 77.0 Å². The van der Waals surface area contributed by atoms with Crippen LogP contribution in [-0.4, -0.2) is 27.1 Å². The Bertz CT molecular complexity index is 1140. The zero-order valence-corrected chi connectivity index (χ0v) is 15.1. The van der Waals surface area contributed by atoms with E-state index in [0.29, 0.717) is 5.69 Å². The number of carboxylic acids is 1. The number of phenolic OH excluding ortho intramolecular Hbond substituents is 1. The first kappa shape index (κ1) is 20.1. The summed E-state index contributed by atoms with van der Waals surface area (Å²) in [6, 6.07) is 14.3. The summed E-state index contributed by atoms with van der Waals surface area (Å²) in [6.07, 6.45) is 0. The van der Waals surface area contributed by atoms with Gasteiger partial charge in [-0.2, -0.15) is 5.11 Å². The van der Waals surface area contributed by atoms with Crippen molar-refractivity contribution in [2.24, 2.45) is 10.2 Å². The van der Waals surface area contributed by atoms with Gasteiger partial charge < -0.3 is 14.9 Å².